The van der Waals surface area contributed by atoms with Gasteiger partial charge in [-0.25, -0.2) is 9.97 Å². The summed E-state index contributed by atoms with van der Waals surface area (Å²) >= 11 is 0. The molecule has 0 radical (unpaired) electrons. The normalized spacial score (nSPS) is 11.9. The summed E-state index contributed by atoms with van der Waals surface area (Å²) in [7, 11) is 0. The molecule has 0 N–H and O–H groups in total. The predicted octanol–water partition coefficient (Wildman–Crippen LogP) is 15.6. The number of benzene rings is 10. The van der Waals surface area contributed by atoms with Crippen molar-refractivity contribution in [3.8, 4) is 50.7 Å². The van der Waals surface area contributed by atoms with E-state index < -0.39 is 0 Å². The minimum Gasteiger partial charge on any atom is -0.453 e. The molecular formula is C58H35N3O. The fraction of sp³-hybridized carbons (Fsp3) is 0. The highest BCUT2D eigenvalue weighted by atomic mass is 16.3. The monoisotopic (exact) mass is 789 g/mol. The van der Waals surface area contributed by atoms with Gasteiger partial charge in [0.25, 0.3) is 0 Å². The average molecular weight is 790 g/mol. The first-order chi connectivity index (χ1) is 30.7. The Labute approximate surface area is 356 Å². The first-order valence-electron chi connectivity index (χ1n) is 21.1. The molecule has 0 aliphatic heterocycles. The second-order valence-electron chi connectivity index (χ2n) is 16.1. The lowest BCUT2D eigenvalue weighted by Crippen LogP contribution is -1.96. The zero-order valence-electron chi connectivity index (χ0n) is 33.5. The van der Waals surface area contributed by atoms with Crippen LogP contribution in [0, 0.1) is 0 Å². The number of para-hydroxylation sites is 2. The maximum absolute atomic E-state index is 7.23. The van der Waals surface area contributed by atoms with Crippen molar-refractivity contribution in [1.82, 2.24) is 14.5 Å². The smallest absolute Gasteiger partial charge is 0.164 e. The molecule has 13 aromatic rings. The van der Waals surface area contributed by atoms with Crippen molar-refractivity contribution in [2.75, 3.05) is 0 Å². The Balaban J connectivity index is 1.06. The fourth-order valence-corrected chi connectivity index (χ4v) is 9.74. The molecule has 0 saturated heterocycles. The van der Waals surface area contributed by atoms with Crippen molar-refractivity contribution in [1.29, 1.82) is 0 Å². The molecule has 0 aliphatic carbocycles. The molecule has 288 valence electrons. The molecule has 0 spiro atoms. The van der Waals surface area contributed by atoms with Gasteiger partial charge < -0.3 is 8.98 Å². The molecule has 3 aromatic heterocycles. The number of aromatic nitrogens is 3. The topological polar surface area (TPSA) is 43.9 Å². The number of rotatable bonds is 5. The van der Waals surface area contributed by atoms with Gasteiger partial charge in [-0.05, 0) is 85.9 Å². The van der Waals surface area contributed by atoms with Gasteiger partial charge in [0.2, 0.25) is 0 Å². The van der Waals surface area contributed by atoms with E-state index in [1.807, 2.05) is 12.1 Å². The van der Waals surface area contributed by atoms with E-state index >= 15 is 0 Å². The largest absolute Gasteiger partial charge is 0.453 e. The maximum Gasteiger partial charge on any atom is 0.164 e. The standard InChI is InChI=1S/C58H35N3O/c1-3-15-36(16-4-1)38-19-13-20-39(33-38)53-35-52(37-17-5-2-6-18-37)59-58(60-53)50-27-14-26-48-49-32-31-47-46-25-11-12-28-54(46)61(55(47)57(49)62-56(48)50)40-29-30-45-43-23-8-7-21-41(43)42-22-9-10-24-44(42)51(45)34-40/h1-35H. The molecule has 13 rings (SSSR count). The third-order valence-electron chi connectivity index (χ3n) is 12.6. The van der Waals surface area contributed by atoms with Gasteiger partial charge in [-0.3, -0.25) is 0 Å². The number of fused-ring (bicyclic) bond motifs is 13. The third-order valence-corrected chi connectivity index (χ3v) is 12.6. The van der Waals surface area contributed by atoms with E-state index in [2.05, 4.69) is 205 Å². The van der Waals surface area contributed by atoms with Crippen LogP contribution in [-0.4, -0.2) is 14.5 Å². The van der Waals surface area contributed by atoms with Gasteiger partial charge in [-0.15, -0.1) is 0 Å². The third kappa shape index (κ3) is 5.27. The molecule has 0 saturated carbocycles. The van der Waals surface area contributed by atoms with E-state index in [1.165, 1.54) is 37.7 Å². The molecule has 0 unspecified atom stereocenters. The van der Waals surface area contributed by atoms with Crippen LogP contribution in [0.5, 0.6) is 0 Å². The van der Waals surface area contributed by atoms with Crippen LogP contribution in [0.15, 0.2) is 217 Å². The van der Waals surface area contributed by atoms with E-state index in [0.29, 0.717) is 5.82 Å². The molecule has 10 aromatic carbocycles. The Morgan fingerprint density at radius 2 is 0.839 bits per heavy atom. The summed E-state index contributed by atoms with van der Waals surface area (Å²) in [6, 6.07) is 75.4. The van der Waals surface area contributed by atoms with Crippen LogP contribution in [0.2, 0.25) is 0 Å². The van der Waals surface area contributed by atoms with E-state index in [9.17, 15) is 0 Å². The molecule has 4 heteroatoms. The first-order valence-corrected chi connectivity index (χ1v) is 21.1. The molecule has 3 heterocycles. The van der Waals surface area contributed by atoms with Gasteiger partial charge in [-0.1, -0.05) is 170 Å². The zero-order valence-corrected chi connectivity index (χ0v) is 33.5. The van der Waals surface area contributed by atoms with Gasteiger partial charge >= 0.3 is 0 Å². The van der Waals surface area contributed by atoms with Crippen molar-refractivity contribution >= 4 is 76.1 Å². The number of nitrogens with zero attached hydrogens (tertiary/aromatic N) is 3. The minimum atomic E-state index is 0.613. The Kier molecular flexibility index (Phi) is 7.57. The summed E-state index contributed by atoms with van der Waals surface area (Å²) in [5.74, 6) is 0.613. The number of furan rings is 1. The van der Waals surface area contributed by atoms with Crippen molar-refractivity contribution in [3.05, 3.63) is 212 Å². The van der Waals surface area contributed by atoms with Crippen molar-refractivity contribution in [2.24, 2.45) is 0 Å². The molecule has 0 amide bonds. The lowest BCUT2D eigenvalue weighted by atomic mass is 9.94. The van der Waals surface area contributed by atoms with Gasteiger partial charge in [0.15, 0.2) is 11.4 Å². The van der Waals surface area contributed by atoms with Crippen molar-refractivity contribution < 1.29 is 4.42 Å². The Morgan fingerprint density at radius 3 is 1.58 bits per heavy atom. The SMILES string of the molecule is c1ccc(-c2cccc(-c3cc(-c4ccccc4)nc(-c4cccc5c4oc4c5ccc5c6ccccc6n(-c6ccc7c8ccccc8c8ccccc8c7c6)c54)n3)c2)cc1. The molecule has 0 atom stereocenters. The lowest BCUT2D eigenvalue weighted by molar-refractivity contribution is 0.671. The highest BCUT2D eigenvalue weighted by Gasteiger charge is 2.22. The highest BCUT2D eigenvalue weighted by Crippen LogP contribution is 2.44. The Hall–Kier alpha value is -8.34. The predicted molar refractivity (Wildman–Crippen MR) is 258 cm³/mol. The average Bonchev–Trinajstić information content (AvgIpc) is 3.91. The second kappa shape index (κ2) is 13.6. The summed E-state index contributed by atoms with van der Waals surface area (Å²) in [6.45, 7) is 0. The molecule has 4 nitrogen and oxygen atoms in total. The van der Waals surface area contributed by atoms with E-state index in [1.54, 1.807) is 0 Å². The lowest BCUT2D eigenvalue weighted by Gasteiger charge is -2.13. The summed E-state index contributed by atoms with van der Waals surface area (Å²) in [5, 5.41) is 11.9. The first kappa shape index (κ1) is 34.5. The molecule has 0 bridgehead atoms. The van der Waals surface area contributed by atoms with Crippen LogP contribution >= 0.6 is 0 Å². The van der Waals surface area contributed by atoms with Gasteiger partial charge in [0.1, 0.15) is 5.58 Å². The van der Waals surface area contributed by atoms with Crippen LogP contribution in [0.4, 0.5) is 0 Å². The van der Waals surface area contributed by atoms with Gasteiger partial charge in [0.05, 0.1) is 28.0 Å². The van der Waals surface area contributed by atoms with E-state index in [4.69, 9.17) is 14.4 Å². The van der Waals surface area contributed by atoms with Crippen LogP contribution in [0.3, 0.4) is 0 Å². The van der Waals surface area contributed by atoms with Crippen molar-refractivity contribution in [2.45, 2.75) is 0 Å². The van der Waals surface area contributed by atoms with Crippen LogP contribution in [0.25, 0.3) is 127 Å². The number of hydrogen-bond donors (Lipinski definition) is 0. The van der Waals surface area contributed by atoms with Gasteiger partial charge in [-0.2, -0.15) is 0 Å². The summed E-state index contributed by atoms with van der Waals surface area (Å²) in [6.07, 6.45) is 0. The molecule has 0 aliphatic rings. The fourth-order valence-electron chi connectivity index (χ4n) is 9.74. The zero-order chi connectivity index (χ0) is 40.7. The minimum absolute atomic E-state index is 0.613. The number of hydrogen-bond acceptors (Lipinski definition) is 3. The maximum atomic E-state index is 7.23. The molecule has 62 heavy (non-hydrogen) atoms. The summed E-state index contributed by atoms with van der Waals surface area (Å²) in [5.41, 5.74) is 11.7. The second-order valence-corrected chi connectivity index (χ2v) is 16.1. The van der Waals surface area contributed by atoms with E-state index in [-0.39, 0.29) is 0 Å². The quantitative estimate of drug-likeness (QED) is 0.163. The molecule has 0 fully saturated rings. The van der Waals surface area contributed by atoms with Crippen molar-refractivity contribution in [3.63, 3.8) is 0 Å². The summed E-state index contributed by atoms with van der Waals surface area (Å²) < 4.78 is 9.62. The summed E-state index contributed by atoms with van der Waals surface area (Å²) in [4.78, 5) is 10.6. The van der Waals surface area contributed by atoms with Crippen LogP contribution in [0.1, 0.15) is 0 Å². The molecular weight excluding hydrogens is 755 g/mol. The van der Waals surface area contributed by atoms with Crippen LogP contribution in [-0.2, 0) is 0 Å². The highest BCUT2D eigenvalue weighted by molar-refractivity contribution is 6.26. The Morgan fingerprint density at radius 1 is 0.323 bits per heavy atom. The Bertz CT molecular complexity index is 3880. The van der Waals surface area contributed by atoms with E-state index in [0.717, 1.165) is 83.3 Å². The van der Waals surface area contributed by atoms with Crippen LogP contribution < -0.4 is 0 Å². The van der Waals surface area contributed by atoms with Gasteiger partial charge in [0, 0.05) is 38.4 Å².